The molecule has 0 fully saturated rings. The van der Waals surface area contributed by atoms with Crippen molar-refractivity contribution < 1.29 is 58.0 Å². The molecule has 1 heterocycles. The number of hydrogen-bond acceptors (Lipinski definition) is 3. The summed E-state index contributed by atoms with van der Waals surface area (Å²) in [5, 5.41) is 0. The van der Waals surface area contributed by atoms with Crippen molar-refractivity contribution in [3.05, 3.63) is 100 Å². The molecule has 0 radical (unpaired) electrons. The monoisotopic (exact) mass is 534 g/mol. The van der Waals surface area contributed by atoms with Crippen LogP contribution in [0.5, 0.6) is 0 Å². The summed E-state index contributed by atoms with van der Waals surface area (Å²) in [6.07, 6.45) is 0. The van der Waals surface area contributed by atoms with E-state index in [0.29, 0.717) is 36.4 Å². The molecule has 0 unspecified atom stereocenters. The summed E-state index contributed by atoms with van der Waals surface area (Å²) in [5.41, 5.74) is -2.38. The van der Waals surface area contributed by atoms with Crippen molar-refractivity contribution in [1.29, 1.82) is 0 Å². The van der Waals surface area contributed by atoms with Gasteiger partial charge in [-0.15, -0.1) is 0 Å². The molecule has 194 valence electrons. The Morgan fingerprint density at radius 2 is 0.973 bits per heavy atom. The van der Waals surface area contributed by atoms with Crippen LogP contribution in [0.1, 0.15) is 5.56 Å². The van der Waals surface area contributed by atoms with Crippen molar-refractivity contribution in [3.63, 3.8) is 0 Å². The van der Waals surface area contributed by atoms with Crippen molar-refractivity contribution in [2.45, 2.75) is 0 Å². The van der Waals surface area contributed by atoms with E-state index in [1.807, 2.05) is 0 Å². The fraction of sp³-hybridized carbons (Fsp3) is 0.0870. The van der Waals surface area contributed by atoms with Gasteiger partial charge < -0.3 is 18.5 Å². The van der Waals surface area contributed by atoms with Crippen molar-refractivity contribution >= 4 is 29.0 Å². The Balaban J connectivity index is 2.07. The normalized spacial score (nSPS) is 14.8. The molecule has 0 saturated heterocycles. The van der Waals surface area contributed by atoms with Crippen LogP contribution in [0.3, 0.4) is 0 Å². The number of hydrogen-bond donors (Lipinski definition) is 0. The maximum absolute atomic E-state index is 14.2. The average molecular weight is 534 g/mol. The first-order valence-corrected chi connectivity index (χ1v) is 10.1. The van der Waals surface area contributed by atoms with Crippen LogP contribution in [0, 0.1) is 52.4 Å². The molecular weight excluding hydrogens is 522 g/mol. The number of halogens is 9. The van der Waals surface area contributed by atoms with Crippen LogP contribution >= 0.6 is 0 Å². The second-order valence-electron chi connectivity index (χ2n) is 7.66. The van der Waals surface area contributed by atoms with Gasteiger partial charge in [-0.2, -0.15) is 0 Å². The van der Waals surface area contributed by atoms with Crippen LogP contribution < -0.4 is 10.9 Å². The minimum absolute atomic E-state index is 0.375. The maximum atomic E-state index is 14.2. The van der Waals surface area contributed by atoms with Crippen LogP contribution in [0.2, 0.25) is 0 Å². The van der Waals surface area contributed by atoms with E-state index in [-0.39, 0.29) is 0 Å². The topological polar surface area (TPSA) is 39.0 Å². The number of ether oxygens (including phenoxy) is 2. The number of methoxy groups -OCH3 is 2. The highest BCUT2D eigenvalue weighted by atomic mass is 19.2. The summed E-state index contributed by atoms with van der Waals surface area (Å²) in [4.78, 5) is 0. The van der Waals surface area contributed by atoms with Crippen LogP contribution in [0.4, 0.5) is 39.5 Å². The van der Waals surface area contributed by atoms with Crippen LogP contribution in [-0.4, -0.2) is 26.7 Å². The number of benzene rings is 3. The summed E-state index contributed by atoms with van der Waals surface area (Å²) in [7, 11) is 1.92. The first-order valence-electron chi connectivity index (χ1n) is 10.1. The molecule has 4 rings (SSSR count). The van der Waals surface area contributed by atoms with Gasteiger partial charge in [0, 0.05) is 5.56 Å². The highest BCUT2D eigenvalue weighted by molar-refractivity contribution is 6.91. The van der Waals surface area contributed by atoms with Gasteiger partial charge >= 0.3 is 12.5 Å². The molecule has 1 aliphatic heterocycles. The van der Waals surface area contributed by atoms with Crippen LogP contribution in [0.25, 0.3) is 5.57 Å². The lowest BCUT2D eigenvalue weighted by Gasteiger charge is -2.37. The summed E-state index contributed by atoms with van der Waals surface area (Å²) < 4.78 is 147. The average Bonchev–Trinajstić information content (AvgIpc) is 2.87. The second kappa shape index (κ2) is 9.41. The molecule has 37 heavy (non-hydrogen) atoms. The molecule has 0 spiro atoms. The fourth-order valence-corrected chi connectivity index (χ4v) is 3.82. The summed E-state index contributed by atoms with van der Waals surface area (Å²) in [6, 6.07) is 2.52. The van der Waals surface area contributed by atoms with Crippen molar-refractivity contribution in [3.8, 4) is 0 Å². The Morgan fingerprint density at radius 3 is 1.32 bits per heavy atom. The quantitative estimate of drug-likeness (QED) is 0.165. The smallest absolute Gasteiger partial charge is 0.536 e. The first kappa shape index (κ1) is 26.0. The molecule has 0 bridgehead atoms. The molecule has 0 amide bonds. The number of carbonyl (C=O) groups excluding carboxylic acids is 1. The minimum Gasteiger partial charge on any atom is -0.624 e. The molecule has 0 aliphatic carbocycles. The summed E-state index contributed by atoms with van der Waals surface area (Å²) >= 11 is 0. The number of esters is 1. The lowest BCUT2D eigenvalue weighted by Crippen LogP contribution is -2.64. The Hall–Kier alpha value is -4.10. The van der Waals surface area contributed by atoms with E-state index in [4.69, 9.17) is 18.5 Å². The van der Waals surface area contributed by atoms with Gasteiger partial charge in [0.2, 0.25) is 0 Å². The molecule has 3 aromatic rings. The molecule has 4 nitrogen and oxygen atoms in total. The standard InChI is InChI=1S/C23H12BF9O4/c1-34-22-18(9-3-12(25)19(31)13(26)4-9)23(35-2)37-24(36-22,10-5-14(27)20(32)15(28)6-10)11-7-16(29)21(33)17(30)8-11/h3-8H,1-2H3. The molecular formula is C23H12BF9O4. The highest BCUT2D eigenvalue weighted by Gasteiger charge is 2.50. The Morgan fingerprint density at radius 1 is 0.595 bits per heavy atom. The minimum atomic E-state index is -3.76. The molecule has 3 aromatic carbocycles. The largest absolute Gasteiger partial charge is 0.624 e. The fourth-order valence-electron chi connectivity index (χ4n) is 3.82. The third-order valence-corrected chi connectivity index (χ3v) is 5.49. The number of rotatable bonds is 4. The zero-order valence-electron chi connectivity index (χ0n) is 18.6. The Kier molecular flexibility index (Phi) is 6.61. The van der Waals surface area contributed by atoms with E-state index in [1.165, 1.54) is 0 Å². The van der Waals surface area contributed by atoms with Gasteiger partial charge in [0.1, 0.15) is 0 Å². The van der Waals surface area contributed by atoms with Gasteiger partial charge in [-0.25, -0.2) is 39.5 Å². The third-order valence-electron chi connectivity index (χ3n) is 5.49. The predicted molar refractivity (Wildman–Crippen MR) is 111 cm³/mol. The van der Waals surface area contributed by atoms with Crippen molar-refractivity contribution in [1.82, 2.24) is 0 Å². The van der Waals surface area contributed by atoms with Gasteiger partial charge in [0.05, 0.1) is 7.11 Å². The van der Waals surface area contributed by atoms with E-state index in [0.717, 1.165) is 14.2 Å². The molecule has 0 atom stereocenters. The van der Waals surface area contributed by atoms with Gasteiger partial charge in [-0.3, -0.25) is 0 Å². The Labute approximate surface area is 202 Å². The summed E-state index contributed by atoms with van der Waals surface area (Å²) in [6.45, 7) is -3.76. The lowest BCUT2D eigenvalue weighted by molar-refractivity contribution is -0.337. The van der Waals surface area contributed by atoms with Gasteiger partial charge in [0.15, 0.2) is 65.0 Å². The van der Waals surface area contributed by atoms with Crippen molar-refractivity contribution in [2.24, 2.45) is 0 Å². The summed E-state index contributed by atoms with van der Waals surface area (Å²) in [5.74, 6) is -17.4. The van der Waals surface area contributed by atoms with Gasteiger partial charge in [-0.05, 0) is 36.4 Å². The van der Waals surface area contributed by atoms with Gasteiger partial charge in [0.25, 0.3) is 5.95 Å². The first-order chi connectivity index (χ1) is 17.4. The third kappa shape index (κ3) is 4.25. The van der Waals surface area contributed by atoms with Crippen LogP contribution in [-0.2, 0) is 18.5 Å². The van der Waals surface area contributed by atoms with Crippen molar-refractivity contribution in [2.75, 3.05) is 14.2 Å². The maximum Gasteiger partial charge on any atom is 0.536 e. The molecule has 0 saturated carbocycles. The van der Waals surface area contributed by atoms with Crippen LogP contribution in [0.15, 0.2) is 42.3 Å². The Bertz CT molecular complexity index is 1360. The van der Waals surface area contributed by atoms with E-state index in [9.17, 15) is 39.5 Å². The lowest BCUT2D eigenvalue weighted by atomic mass is 9.46. The highest BCUT2D eigenvalue weighted by Crippen LogP contribution is 2.31. The van der Waals surface area contributed by atoms with E-state index < -0.39 is 92.9 Å². The zero-order chi connectivity index (χ0) is 27.2. The van der Waals surface area contributed by atoms with E-state index >= 15 is 0 Å². The van der Waals surface area contributed by atoms with E-state index in [1.54, 1.807) is 0 Å². The zero-order valence-corrected chi connectivity index (χ0v) is 18.6. The SMILES string of the molecule is COC1=[O+][B-](c2cc(F)c(F)c(F)c2)(c2cc(F)c(F)c(F)c2)OC(OC)=C1c1cc(F)c(F)c(F)c1. The predicted octanol–water partition coefficient (Wildman–Crippen LogP) is 4.25. The molecule has 0 N–H and O–H groups in total. The molecule has 1 aliphatic rings. The second-order valence-corrected chi connectivity index (χ2v) is 7.66. The molecule has 14 heteroatoms. The molecule has 0 aromatic heterocycles. The van der Waals surface area contributed by atoms with Gasteiger partial charge in [-0.1, -0.05) is 10.9 Å². The van der Waals surface area contributed by atoms with E-state index in [2.05, 4.69) is 0 Å².